The molecule has 6 heteroatoms. The number of rotatable bonds is 2. The minimum Gasteiger partial charge on any atom is -0.371 e. The van der Waals surface area contributed by atoms with Crippen LogP contribution >= 0.6 is 0 Å². The molecule has 0 aromatic heterocycles. The molecule has 0 amide bonds. The van der Waals surface area contributed by atoms with Gasteiger partial charge in [-0.2, -0.15) is 0 Å². The van der Waals surface area contributed by atoms with Gasteiger partial charge in [0.25, 0.3) is 0 Å². The second kappa shape index (κ2) is 21.5. The van der Waals surface area contributed by atoms with E-state index in [4.69, 9.17) is 20.4 Å². The lowest BCUT2D eigenvalue weighted by Crippen LogP contribution is -2.14. The highest BCUT2D eigenvalue weighted by molar-refractivity contribution is 5.78. The van der Waals surface area contributed by atoms with Gasteiger partial charge in [0, 0.05) is 5.92 Å². The fraction of sp³-hybridized carbons (Fsp3) is 0.833. The van der Waals surface area contributed by atoms with E-state index in [-0.39, 0.29) is 11.7 Å². The molecule has 4 N–H and O–H groups in total. The van der Waals surface area contributed by atoms with Crippen LogP contribution in [0.4, 0.5) is 0 Å². The lowest BCUT2D eigenvalue weighted by atomic mass is 10.1. The fourth-order valence-electron chi connectivity index (χ4n) is 0. The molecule has 0 aliphatic carbocycles. The minimum atomic E-state index is -1.79. The Kier molecular flexibility index (Phi) is 30.9. The van der Waals surface area contributed by atoms with Crippen molar-refractivity contribution in [2.75, 3.05) is 6.79 Å². The third-order valence-corrected chi connectivity index (χ3v) is 1.18. The van der Waals surface area contributed by atoms with E-state index in [0.717, 1.165) is 6.92 Å². The molecule has 0 saturated carbocycles. The molecule has 0 aliphatic heterocycles. The van der Waals surface area contributed by atoms with Crippen molar-refractivity contribution in [1.82, 2.24) is 0 Å². The summed E-state index contributed by atoms with van der Waals surface area (Å²) in [5, 5.41) is 29.9. The molecule has 0 spiro atoms. The van der Waals surface area contributed by atoms with E-state index >= 15 is 0 Å². The van der Waals surface area contributed by atoms with Crippen LogP contribution in [0.1, 0.15) is 48.0 Å². The summed E-state index contributed by atoms with van der Waals surface area (Å²) in [6.45, 7) is 9.99. The van der Waals surface area contributed by atoms with Gasteiger partial charge < -0.3 is 20.4 Å². The molecular formula is C12H28O6. The average molecular weight is 268 g/mol. The van der Waals surface area contributed by atoms with Crippen LogP contribution in [0.25, 0.3) is 0 Å². The van der Waals surface area contributed by atoms with Crippen molar-refractivity contribution in [3.8, 4) is 0 Å². The predicted octanol–water partition coefficient (Wildman–Crippen LogP) is 0.462. The third kappa shape index (κ3) is 59.2. The summed E-state index contributed by atoms with van der Waals surface area (Å²) in [7, 11) is 0. The van der Waals surface area contributed by atoms with Crippen LogP contribution in [-0.4, -0.2) is 45.1 Å². The molecule has 0 heterocycles. The van der Waals surface area contributed by atoms with Crippen molar-refractivity contribution in [3.05, 3.63) is 0 Å². The van der Waals surface area contributed by atoms with Gasteiger partial charge in [0.2, 0.25) is 6.29 Å². The maximum absolute atomic E-state index is 10.1. The molecule has 0 rings (SSSR count). The van der Waals surface area contributed by atoms with Crippen LogP contribution in [0.3, 0.4) is 0 Å². The molecule has 0 aromatic rings. The summed E-state index contributed by atoms with van der Waals surface area (Å²) >= 11 is 0. The highest BCUT2D eigenvalue weighted by atomic mass is 16.5. The van der Waals surface area contributed by atoms with Gasteiger partial charge in [-0.3, -0.25) is 9.59 Å². The Bertz CT molecular complexity index is 157. The Hall–Kier alpha value is -0.820. The van der Waals surface area contributed by atoms with Crippen LogP contribution in [0.5, 0.6) is 0 Å². The summed E-state index contributed by atoms with van der Waals surface area (Å²) in [6.07, 6.45) is -0.537. The number of carbonyl (C=O) groups is 2. The monoisotopic (exact) mass is 268 g/mol. The first-order chi connectivity index (χ1) is 8.11. The first-order valence-corrected chi connectivity index (χ1v) is 5.70. The summed E-state index contributed by atoms with van der Waals surface area (Å²) in [5.41, 5.74) is 0. The largest absolute Gasteiger partial charge is 0.371 e. The highest BCUT2D eigenvalue weighted by Gasteiger charge is 1.99. The zero-order valence-electron chi connectivity index (χ0n) is 12.2. The van der Waals surface area contributed by atoms with E-state index in [2.05, 4.69) is 13.8 Å². The first-order valence-electron chi connectivity index (χ1n) is 5.70. The van der Waals surface area contributed by atoms with Crippen molar-refractivity contribution in [1.29, 1.82) is 0 Å². The molecule has 0 unspecified atom stereocenters. The van der Waals surface area contributed by atoms with Gasteiger partial charge in [0.1, 0.15) is 12.6 Å². The molecular weight excluding hydrogens is 240 g/mol. The molecule has 0 radical (unpaired) electrons. The lowest BCUT2D eigenvalue weighted by molar-refractivity contribution is -0.142. The van der Waals surface area contributed by atoms with E-state index in [1.54, 1.807) is 6.92 Å². The average Bonchev–Trinajstić information content (AvgIpc) is 2.20. The second-order valence-corrected chi connectivity index (χ2v) is 3.60. The molecule has 0 saturated heterocycles. The summed E-state index contributed by atoms with van der Waals surface area (Å²) in [6, 6.07) is 0. The number of hydrogen-bond acceptors (Lipinski definition) is 6. The SMILES string of the molecule is CC(=O)C(C)C.CC(=O)C(O)O.CCC.OCO. The fourth-order valence-corrected chi connectivity index (χ4v) is 0. The second-order valence-electron chi connectivity index (χ2n) is 3.60. The number of hydrogen-bond donors (Lipinski definition) is 4. The maximum atomic E-state index is 10.1. The zero-order chi connectivity index (χ0) is 15.7. The Morgan fingerprint density at radius 2 is 1.06 bits per heavy atom. The normalized spacial score (nSPS) is 8.22. The first kappa shape index (κ1) is 25.9. The minimum absolute atomic E-state index is 0.213. The molecule has 6 nitrogen and oxygen atoms in total. The van der Waals surface area contributed by atoms with E-state index < -0.39 is 18.9 Å². The quantitative estimate of drug-likeness (QED) is 0.541. The third-order valence-electron chi connectivity index (χ3n) is 1.18. The number of aliphatic hydroxyl groups is 4. The number of Topliss-reactive ketones (excluding diaryl/α,β-unsaturated/α-hetero) is 2. The van der Waals surface area contributed by atoms with Gasteiger partial charge in [-0.05, 0) is 13.8 Å². The predicted molar refractivity (Wildman–Crippen MR) is 69.7 cm³/mol. The Morgan fingerprint density at radius 1 is 0.944 bits per heavy atom. The molecule has 0 atom stereocenters. The van der Waals surface area contributed by atoms with Gasteiger partial charge in [-0.15, -0.1) is 0 Å². The van der Waals surface area contributed by atoms with Crippen molar-refractivity contribution in [3.63, 3.8) is 0 Å². The van der Waals surface area contributed by atoms with Crippen molar-refractivity contribution >= 4 is 11.6 Å². The van der Waals surface area contributed by atoms with Crippen LogP contribution in [0.15, 0.2) is 0 Å². The van der Waals surface area contributed by atoms with E-state index in [0.29, 0.717) is 0 Å². The maximum Gasteiger partial charge on any atom is 0.212 e. The molecule has 0 bridgehead atoms. The van der Waals surface area contributed by atoms with Crippen LogP contribution in [-0.2, 0) is 9.59 Å². The smallest absolute Gasteiger partial charge is 0.212 e. The standard InChI is InChI=1S/C5H10O.C3H6O3.C3H8.CH4O2/c1-4(2)5(3)6;1-2(4)3(5)6;1-3-2;2-1-3/h4H,1-3H3;3,5-6H,1H3;3H2,1-2H3;2-3H,1H2. The lowest BCUT2D eigenvalue weighted by Gasteiger charge is -1.90. The molecule has 0 fully saturated rings. The number of aliphatic hydroxyl groups excluding tert-OH is 2. The summed E-state index contributed by atoms with van der Waals surface area (Å²) < 4.78 is 0. The zero-order valence-corrected chi connectivity index (χ0v) is 12.2. The number of carbonyl (C=O) groups excluding carboxylic acids is 2. The molecule has 112 valence electrons. The molecule has 18 heavy (non-hydrogen) atoms. The van der Waals surface area contributed by atoms with E-state index in [1.807, 2.05) is 13.8 Å². The van der Waals surface area contributed by atoms with Gasteiger partial charge in [-0.1, -0.05) is 34.1 Å². The Morgan fingerprint density at radius 3 is 1.06 bits per heavy atom. The Labute approximate surface area is 109 Å². The Balaban J connectivity index is -0.0000000770. The van der Waals surface area contributed by atoms with Gasteiger partial charge in [-0.25, -0.2) is 0 Å². The molecule has 0 aliphatic rings. The van der Waals surface area contributed by atoms with Crippen molar-refractivity contribution in [2.24, 2.45) is 5.92 Å². The summed E-state index contributed by atoms with van der Waals surface area (Å²) in [4.78, 5) is 19.8. The molecule has 0 aromatic carbocycles. The van der Waals surface area contributed by atoms with Crippen molar-refractivity contribution in [2.45, 2.75) is 54.3 Å². The van der Waals surface area contributed by atoms with E-state index in [9.17, 15) is 9.59 Å². The van der Waals surface area contributed by atoms with E-state index in [1.165, 1.54) is 6.42 Å². The summed E-state index contributed by atoms with van der Waals surface area (Å²) in [5.74, 6) is -0.157. The topological polar surface area (TPSA) is 115 Å². The number of ketones is 2. The van der Waals surface area contributed by atoms with Crippen LogP contribution < -0.4 is 0 Å². The van der Waals surface area contributed by atoms with Crippen LogP contribution in [0.2, 0.25) is 0 Å². The van der Waals surface area contributed by atoms with Crippen molar-refractivity contribution < 1.29 is 30.0 Å². The van der Waals surface area contributed by atoms with Gasteiger partial charge in [0.05, 0.1) is 0 Å². The highest BCUT2D eigenvalue weighted by Crippen LogP contribution is 1.89. The van der Waals surface area contributed by atoms with Gasteiger partial charge >= 0.3 is 0 Å². The van der Waals surface area contributed by atoms with Gasteiger partial charge in [0.15, 0.2) is 5.78 Å². The van der Waals surface area contributed by atoms with Crippen LogP contribution in [0, 0.1) is 5.92 Å².